The van der Waals surface area contributed by atoms with Gasteiger partial charge in [0.15, 0.2) is 0 Å². The molecule has 0 bridgehead atoms. The smallest absolute Gasteiger partial charge is 0.306 e. The van der Waals surface area contributed by atoms with Crippen molar-refractivity contribution in [3.63, 3.8) is 0 Å². The largest absolute Gasteiger partial charge is 0.458 e. The Kier molecular flexibility index (Phi) is 44.6. The molecule has 3 unspecified atom stereocenters. The summed E-state index contributed by atoms with van der Waals surface area (Å²) in [6.45, 7) is 6.43. The second-order valence-electron chi connectivity index (χ2n) is 17.2. The summed E-state index contributed by atoms with van der Waals surface area (Å²) in [6, 6.07) is -0.730. The molecule has 340 valence electrons. The van der Waals surface area contributed by atoms with Crippen LogP contribution in [0, 0.1) is 0 Å². The maximum Gasteiger partial charge on any atom is 0.306 e. The van der Waals surface area contributed by atoms with Crippen LogP contribution in [0.3, 0.4) is 0 Å². The van der Waals surface area contributed by atoms with Crippen molar-refractivity contribution in [3.05, 3.63) is 36.5 Å². The zero-order chi connectivity index (χ0) is 42.4. The van der Waals surface area contributed by atoms with Gasteiger partial charge in [-0.05, 0) is 63.9 Å². The van der Waals surface area contributed by atoms with Crippen LogP contribution in [0.4, 0.5) is 0 Å². The molecule has 0 saturated heterocycles. The lowest BCUT2D eigenvalue weighted by Gasteiger charge is -2.23. The van der Waals surface area contributed by atoms with Crippen LogP contribution >= 0.6 is 0 Å². The number of unbranched alkanes of at least 4 members (excludes halogenated alkanes) is 29. The summed E-state index contributed by atoms with van der Waals surface area (Å²) in [7, 11) is 0. The summed E-state index contributed by atoms with van der Waals surface area (Å²) < 4.78 is 5.82. The SMILES string of the molecule is CCCCCC/C=C\CCCCCCCCCC(=O)OC(/C=C/C/C=C\CCCCCCCC)CC(=O)NC(CO)C(O)CCCCCCCCCCCCCCC. The third-order valence-electron chi connectivity index (χ3n) is 11.4. The molecule has 0 aromatic heterocycles. The van der Waals surface area contributed by atoms with Crippen LogP contribution in [0.15, 0.2) is 36.5 Å². The summed E-state index contributed by atoms with van der Waals surface area (Å²) in [5.74, 6) is -0.601. The van der Waals surface area contributed by atoms with Crippen LogP contribution in [0.5, 0.6) is 0 Å². The molecule has 6 heteroatoms. The summed E-state index contributed by atoms with van der Waals surface area (Å²) >= 11 is 0. The number of rotatable bonds is 45. The summed E-state index contributed by atoms with van der Waals surface area (Å²) in [5.41, 5.74) is 0. The molecule has 0 spiro atoms. The average molecular weight is 816 g/mol. The van der Waals surface area contributed by atoms with Crippen LogP contribution in [-0.2, 0) is 14.3 Å². The van der Waals surface area contributed by atoms with Crippen LogP contribution in [0.25, 0.3) is 0 Å². The van der Waals surface area contributed by atoms with Gasteiger partial charge in [0.05, 0.1) is 25.2 Å². The van der Waals surface area contributed by atoms with E-state index in [0.29, 0.717) is 12.8 Å². The van der Waals surface area contributed by atoms with Crippen molar-refractivity contribution in [2.24, 2.45) is 0 Å². The lowest BCUT2D eigenvalue weighted by atomic mass is 10.0. The highest BCUT2D eigenvalue weighted by molar-refractivity contribution is 5.78. The van der Waals surface area contributed by atoms with E-state index in [1.54, 1.807) is 0 Å². The average Bonchev–Trinajstić information content (AvgIpc) is 3.22. The van der Waals surface area contributed by atoms with Crippen molar-refractivity contribution >= 4 is 11.9 Å². The predicted molar refractivity (Wildman–Crippen MR) is 250 cm³/mol. The molecule has 3 atom stereocenters. The first kappa shape index (κ1) is 56.1. The molecule has 0 heterocycles. The third-order valence-corrected chi connectivity index (χ3v) is 11.4. The fraction of sp³-hybridized carbons (Fsp3) is 0.846. The first-order chi connectivity index (χ1) is 28.5. The quantitative estimate of drug-likeness (QED) is 0.0323. The highest BCUT2D eigenvalue weighted by Crippen LogP contribution is 2.16. The van der Waals surface area contributed by atoms with E-state index in [4.69, 9.17) is 4.74 Å². The zero-order valence-corrected chi connectivity index (χ0v) is 38.7. The second kappa shape index (κ2) is 46.2. The van der Waals surface area contributed by atoms with Crippen LogP contribution in [-0.4, -0.2) is 46.9 Å². The Balaban J connectivity index is 4.60. The molecule has 6 nitrogen and oxygen atoms in total. The monoisotopic (exact) mass is 816 g/mol. The number of carbonyl (C=O) groups excluding carboxylic acids is 2. The summed E-state index contributed by atoms with van der Waals surface area (Å²) in [5, 5.41) is 23.7. The van der Waals surface area contributed by atoms with E-state index in [-0.39, 0.29) is 24.9 Å². The number of aliphatic hydroxyl groups excluding tert-OH is 2. The van der Waals surface area contributed by atoms with E-state index in [1.807, 2.05) is 12.2 Å². The number of hydrogen-bond donors (Lipinski definition) is 3. The Morgan fingerprint density at radius 3 is 1.38 bits per heavy atom. The molecule has 0 rings (SSSR count). The van der Waals surface area contributed by atoms with Gasteiger partial charge in [0.2, 0.25) is 5.91 Å². The molecule has 1 amide bonds. The van der Waals surface area contributed by atoms with Crippen LogP contribution in [0.2, 0.25) is 0 Å². The van der Waals surface area contributed by atoms with Gasteiger partial charge in [0, 0.05) is 6.42 Å². The number of carbonyl (C=O) groups is 2. The summed E-state index contributed by atoms with van der Waals surface area (Å²) in [4.78, 5) is 26.0. The molecule has 0 saturated carbocycles. The number of allylic oxidation sites excluding steroid dienone is 5. The van der Waals surface area contributed by atoms with Crippen molar-refractivity contribution < 1.29 is 24.5 Å². The minimum absolute atomic E-state index is 0.0281. The molecule has 58 heavy (non-hydrogen) atoms. The Morgan fingerprint density at radius 1 is 0.517 bits per heavy atom. The maximum absolute atomic E-state index is 13.1. The molecular weight excluding hydrogens is 719 g/mol. The van der Waals surface area contributed by atoms with Crippen LogP contribution < -0.4 is 5.32 Å². The van der Waals surface area contributed by atoms with Crippen molar-refractivity contribution in [2.75, 3.05) is 6.61 Å². The van der Waals surface area contributed by atoms with E-state index in [9.17, 15) is 19.8 Å². The number of aliphatic hydroxyl groups is 2. The molecule has 0 aliphatic heterocycles. The van der Waals surface area contributed by atoms with Gasteiger partial charge < -0.3 is 20.3 Å². The van der Waals surface area contributed by atoms with Gasteiger partial charge in [0.25, 0.3) is 0 Å². The van der Waals surface area contributed by atoms with Gasteiger partial charge in [-0.1, -0.05) is 218 Å². The highest BCUT2D eigenvalue weighted by atomic mass is 16.5. The summed E-state index contributed by atoms with van der Waals surface area (Å²) in [6.07, 6.45) is 53.8. The van der Waals surface area contributed by atoms with Crippen molar-refractivity contribution in [1.82, 2.24) is 5.32 Å². The van der Waals surface area contributed by atoms with Gasteiger partial charge in [-0.25, -0.2) is 0 Å². The Hall–Kier alpha value is -1.92. The van der Waals surface area contributed by atoms with Gasteiger partial charge in [-0.15, -0.1) is 0 Å². The van der Waals surface area contributed by atoms with E-state index >= 15 is 0 Å². The Labute approximate surface area is 360 Å². The zero-order valence-electron chi connectivity index (χ0n) is 38.7. The van der Waals surface area contributed by atoms with E-state index in [2.05, 4.69) is 50.4 Å². The topological polar surface area (TPSA) is 95.9 Å². The number of amides is 1. The van der Waals surface area contributed by atoms with Gasteiger partial charge in [-0.2, -0.15) is 0 Å². The van der Waals surface area contributed by atoms with Crippen molar-refractivity contribution in [1.29, 1.82) is 0 Å². The van der Waals surface area contributed by atoms with Crippen molar-refractivity contribution in [2.45, 2.75) is 277 Å². The van der Waals surface area contributed by atoms with E-state index in [0.717, 1.165) is 51.4 Å². The minimum atomic E-state index is -0.808. The standard InChI is InChI=1S/C52H97NO5/c1-4-7-10-13-16-19-22-24-25-27-30-33-36-39-42-45-52(57)58-48(43-40-37-34-31-28-21-18-15-12-9-6-3)46-51(56)53-49(47-54)50(55)44-41-38-35-32-29-26-23-20-17-14-11-8-5-2/h19,22,31,34,40,43,48-50,54-55H,4-18,20-21,23-30,32-33,35-39,41-42,44-47H2,1-3H3,(H,53,56)/b22-19-,34-31-,43-40+. The van der Waals surface area contributed by atoms with E-state index in [1.165, 1.54) is 167 Å². The molecule has 3 N–H and O–H groups in total. The number of ether oxygens (including phenoxy) is 1. The van der Waals surface area contributed by atoms with Gasteiger partial charge in [0.1, 0.15) is 6.10 Å². The highest BCUT2D eigenvalue weighted by Gasteiger charge is 2.23. The normalized spacial score (nSPS) is 13.5. The molecule has 0 fully saturated rings. The van der Waals surface area contributed by atoms with Gasteiger partial charge in [-0.3, -0.25) is 9.59 Å². The number of hydrogen-bond acceptors (Lipinski definition) is 5. The molecule has 0 aromatic carbocycles. The molecule has 0 aliphatic rings. The lowest BCUT2D eigenvalue weighted by Crippen LogP contribution is -2.46. The van der Waals surface area contributed by atoms with E-state index < -0.39 is 18.2 Å². The Morgan fingerprint density at radius 2 is 0.914 bits per heavy atom. The third kappa shape index (κ3) is 40.8. The minimum Gasteiger partial charge on any atom is -0.458 e. The van der Waals surface area contributed by atoms with Gasteiger partial charge >= 0.3 is 5.97 Å². The number of esters is 1. The fourth-order valence-corrected chi connectivity index (χ4v) is 7.57. The second-order valence-corrected chi connectivity index (χ2v) is 17.2. The first-order valence-corrected chi connectivity index (χ1v) is 25.2. The predicted octanol–water partition coefficient (Wildman–Crippen LogP) is 14.9. The lowest BCUT2D eigenvalue weighted by molar-refractivity contribution is -0.148. The maximum atomic E-state index is 13.1. The Bertz CT molecular complexity index is 961. The first-order valence-electron chi connectivity index (χ1n) is 25.2. The van der Waals surface area contributed by atoms with Crippen LogP contribution in [0.1, 0.15) is 258 Å². The molecule has 0 radical (unpaired) electrons. The molecular formula is C52H97NO5. The number of nitrogens with one attached hydrogen (secondary N) is 1. The van der Waals surface area contributed by atoms with Crippen molar-refractivity contribution in [3.8, 4) is 0 Å². The molecule has 0 aromatic rings. The fourth-order valence-electron chi connectivity index (χ4n) is 7.57. The molecule has 0 aliphatic carbocycles.